The van der Waals surface area contributed by atoms with Crippen LogP contribution in [0.5, 0.6) is 0 Å². The van der Waals surface area contributed by atoms with Gasteiger partial charge in [0.25, 0.3) is 5.91 Å². The van der Waals surface area contributed by atoms with E-state index >= 15 is 0 Å². The van der Waals surface area contributed by atoms with Crippen LogP contribution in [0.25, 0.3) is 0 Å². The molecule has 1 amide bonds. The molecular formula is C20H25N3O5S2. The predicted octanol–water partition coefficient (Wildman–Crippen LogP) is 2.48. The fourth-order valence-electron chi connectivity index (χ4n) is 2.42. The second-order valence-electron chi connectivity index (χ2n) is 6.39. The summed E-state index contributed by atoms with van der Waals surface area (Å²) < 4.78 is 53.3. The van der Waals surface area contributed by atoms with Gasteiger partial charge in [-0.2, -0.15) is 0 Å². The van der Waals surface area contributed by atoms with Gasteiger partial charge in [-0.3, -0.25) is 4.79 Å². The number of unbranched alkanes of at least 4 members (excludes halogenated alkanes) is 1. The fraction of sp³-hybridized carbons (Fsp3) is 0.250. The Bertz CT molecular complexity index is 1080. The molecule has 162 valence electrons. The number of hydrogen-bond acceptors (Lipinski definition) is 5. The number of nitrogens with one attached hydrogen (secondary N) is 3. The highest BCUT2D eigenvalue weighted by Crippen LogP contribution is 2.16. The van der Waals surface area contributed by atoms with Crippen LogP contribution in [0.2, 0.25) is 0 Å². The topological polar surface area (TPSA) is 121 Å². The molecule has 0 fully saturated rings. The van der Waals surface area contributed by atoms with Crippen LogP contribution in [0.15, 0.2) is 71.0 Å². The number of benzene rings is 2. The molecule has 0 saturated heterocycles. The van der Waals surface area contributed by atoms with Gasteiger partial charge in [-0.15, -0.1) is 6.58 Å². The smallest absolute Gasteiger partial charge is 0.255 e. The van der Waals surface area contributed by atoms with Crippen molar-refractivity contribution in [2.75, 3.05) is 18.4 Å². The molecular weight excluding hydrogens is 426 g/mol. The van der Waals surface area contributed by atoms with Gasteiger partial charge in [-0.25, -0.2) is 26.3 Å². The molecule has 0 radical (unpaired) electrons. The molecule has 2 aromatic carbocycles. The second kappa shape index (κ2) is 10.5. The standard InChI is InChI=1S/C20H25N3O5S2/c1-3-5-15-22-30(27,28)19-12-8-17(9-13-19)23-20(24)16-6-10-18(11-7-16)29(25,26)21-14-4-2/h4,6-13,21-22H,2-3,5,14-15H2,1H3,(H,23,24). The molecule has 0 aliphatic heterocycles. The summed E-state index contributed by atoms with van der Waals surface area (Å²) in [6.45, 7) is 5.89. The van der Waals surface area contributed by atoms with Crippen molar-refractivity contribution in [3.05, 3.63) is 66.7 Å². The molecule has 0 heterocycles. The summed E-state index contributed by atoms with van der Waals surface area (Å²) in [6, 6.07) is 11.3. The van der Waals surface area contributed by atoms with E-state index in [1.165, 1.54) is 54.6 Å². The van der Waals surface area contributed by atoms with Gasteiger partial charge >= 0.3 is 0 Å². The molecule has 8 nitrogen and oxygen atoms in total. The Kier molecular flexibility index (Phi) is 8.30. The predicted molar refractivity (Wildman–Crippen MR) is 116 cm³/mol. The summed E-state index contributed by atoms with van der Waals surface area (Å²) in [5.41, 5.74) is 0.674. The minimum Gasteiger partial charge on any atom is -0.322 e. The molecule has 10 heteroatoms. The lowest BCUT2D eigenvalue weighted by Crippen LogP contribution is -2.24. The van der Waals surface area contributed by atoms with E-state index in [1.54, 1.807) is 0 Å². The highest BCUT2D eigenvalue weighted by molar-refractivity contribution is 7.89. The molecule has 3 N–H and O–H groups in total. The monoisotopic (exact) mass is 451 g/mol. The van der Waals surface area contributed by atoms with Gasteiger partial charge in [-0.05, 0) is 55.0 Å². The SMILES string of the molecule is C=CCNS(=O)(=O)c1ccc(C(=O)Nc2ccc(S(=O)(=O)NCCCC)cc2)cc1. The Morgan fingerprint density at radius 3 is 1.97 bits per heavy atom. The van der Waals surface area contributed by atoms with Crippen LogP contribution < -0.4 is 14.8 Å². The van der Waals surface area contributed by atoms with Crippen LogP contribution in [-0.4, -0.2) is 35.8 Å². The van der Waals surface area contributed by atoms with E-state index in [0.717, 1.165) is 12.8 Å². The van der Waals surface area contributed by atoms with Crippen LogP contribution in [0, 0.1) is 0 Å². The van der Waals surface area contributed by atoms with Gasteiger partial charge in [0, 0.05) is 24.3 Å². The third-order valence-corrected chi connectivity index (χ3v) is 7.01. The summed E-state index contributed by atoms with van der Waals surface area (Å²) >= 11 is 0. The zero-order chi connectivity index (χ0) is 22.2. The van der Waals surface area contributed by atoms with Crippen LogP contribution >= 0.6 is 0 Å². The molecule has 0 unspecified atom stereocenters. The zero-order valence-electron chi connectivity index (χ0n) is 16.6. The first-order valence-corrected chi connectivity index (χ1v) is 12.3. The number of carbonyl (C=O) groups is 1. The summed E-state index contributed by atoms with van der Waals surface area (Å²) in [6.07, 6.45) is 3.06. The van der Waals surface area contributed by atoms with E-state index in [0.29, 0.717) is 12.2 Å². The Balaban J connectivity index is 2.05. The van der Waals surface area contributed by atoms with Gasteiger partial charge in [0.15, 0.2) is 0 Å². The first-order valence-electron chi connectivity index (χ1n) is 9.31. The van der Waals surface area contributed by atoms with E-state index in [-0.39, 0.29) is 21.9 Å². The van der Waals surface area contributed by atoms with Crippen LogP contribution in [0.4, 0.5) is 5.69 Å². The maximum atomic E-state index is 12.4. The highest BCUT2D eigenvalue weighted by atomic mass is 32.2. The third kappa shape index (κ3) is 6.49. The van der Waals surface area contributed by atoms with E-state index in [1.807, 2.05) is 6.92 Å². The van der Waals surface area contributed by atoms with Crippen LogP contribution in [0.1, 0.15) is 30.1 Å². The number of anilines is 1. The first-order chi connectivity index (χ1) is 14.2. The van der Waals surface area contributed by atoms with E-state index in [2.05, 4.69) is 21.3 Å². The van der Waals surface area contributed by atoms with Gasteiger partial charge in [0.05, 0.1) is 9.79 Å². The maximum absolute atomic E-state index is 12.4. The van der Waals surface area contributed by atoms with Crippen molar-refractivity contribution in [3.8, 4) is 0 Å². The Morgan fingerprint density at radius 1 is 0.900 bits per heavy atom. The van der Waals surface area contributed by atoms with Crippen molar-refractivity contribution >= 4 is 31.6 Å². The molecule has 2 aromatic rings. The molecule has 0 aliphatic carbocycles. The highest BCUT2D eigenvalue weighted by Gasteiger charge is 2.15. The summed E-state index contributed by atoms with van der Waals surface area (Å²) in [5.74, 6) is -0.449. The minimum absolute atomic E-state index is 0.0334. The normalized spacial score (nSPS) is 11.8. The van der Waals surface area contributed by atoms with E-state index in [9.17, 15) is 21.6 Å². The third-order valence-electron chi connectivity index (χ3n) is 4.09. The number of amides is 1. The molecule has 0 aromatic heterocycles. The molecule has 0 spiro atoms. The van der Waals surface area contributed by atoms with Gasteiger partial charge in [-0.1, -0.05) is 19.4 Å². The Morgan fingerprint density at radius 2 is 1.43 bits per heavy atom. The van der Waals surface area contributed by atoms with Crippen LogP contribution in [0.3, 0.4) is 0 Å². The van der Waals surface area contributed by atoms with Crippen molar-refractivity contribution in [1.29, 1.82) is 0 Å². The minimum atomic E-state index is -3.67. The number of carbonyl (C=O) groups excluding carboxylic acids is 1. The average Bonchev–Trinajstić information content (AvgIpc) is 2.73. The van der Waals surface area contributed by atoms with Gasteiger partial charge in [0.1, 0.15) is 0 Å². The largest absolute Gasteiger partial charge is 0.322 e. The Labute approximate surface area is 177 Å². The van der Waals surface area contributed by atoms with Crippen molar-refractivity contribution in [1.82, 2.24) is 9.44 Å². The maximum Gasteiger partial charge on any atom is 0.255 e. The van der Waals surface area contributed by atoms with Crippen LogP contribution in [-0.2, 0) is 20.0 Å². The van der Waals surface area contributed by atoms with Crippen molar-refractivity contribution in [3.63, 3.8) is 0 Å². The molecule has 2 rings (SSSR count). The number of sulfonamides is 2. The number of hydrogen-bond donors (Lipinski definition) is 3. The van der Waals surface area contributed by atoms with Crippen molar-refractivity contribution in [2.45, 2.75) is 29.6 Å². The molecule has 0 aliphatic rings. The van der Waals surface area contributed by atoms with E-state index < -0.39 is 26.0 Å². The summed E-state index contributed by atoms with van der Waals surface area (Å²) in [7, 11) is -7.25. The lowest BCUT2D eigenvalue weighted by atomic mass is 10.2. The number of rotatable bonds is 11. The van der Waals surface area contributed by atoms with Gasteiger partial charge in [0.2, 0.25) is 20.0 Å². The first kappa shape index (κ1) is 23.7. The molecule has 0 bridgehead atoms. The fourth-order valence-corrected chi connectivity index (χ4v) is 4.50. The second-order valence-corrected chi connectivity index (χ2v) is 9.93. The lowest BCUT2D eigenvalue weighted by molar-refractivity contribution is 0.102. The van der Waals surface area contributed by atoms with Gasteiger partial charge < -0.3 is 5.32 Å². The lowest BCUT2D eigenvalue weighted by Gasteiger charge is -2.09. The molecule has 0 saturated carbocycles. The molecule has 0 atom stereocenters. The van der Waals surface area contributed by atoms with Crippen molar-refractivity contribution in [2.24, 2.45) is 0 Å². The zero-order valence-corrected chi connectivity index (χ0v) is 18.2. The Hall–Kier alpha value is -2.53. The van der Waals surface area contributed by atoms with Crippen molar-refractivity contribution < 1.29 is 21.6 Å². The quantitative estimate of drug-likeness (QED) is 0.358. The average molecular weight is 452 g/mol. The van der Waals surface area contributed by atoms with E-state index in [4.69, 9.17) is 0 Å². The summed E-state index contributed by atoms with van der Waals surface area (Å²) in [4.78, 5) is 12.5. The molecule has 30 heavy (non-hydrogen) atoms. The summed E-state index contributed by atoms with van der Waals surface area (Å²) in [5, 5.41) is 2.65.